The van der Waals surface area contributed by atoms with E-state index in [1.165, 1.54) is 6.07 Å². The second-order valence-corrected chi connectivity index (χ2v) is 3.33. The lowest BCUT2D eigenvalue weighted by molar-refractivity contribution is -0.385. The zero-order valence-electron chi connectivity index (χ0n) is 8.91. The summed E-state index contributed by atoms with van der Waals surface area (Å²) in [7, 11) is 0. The molecule has 0 saturated heterocycles. The summed E-state index contributed by atoms with van der Waals surface area (Å²) in [5, 5.41) is 13.8. The van der Waals surface area contributed by atoms with Crippen molar-refractivity contribution in [3.05, 3.63) is 58.5 Å². The van der Waals surface area contributed by atoms with Crippen LogP contribution in [0.25, 0.3) is 0 Å². The minimum Gasteiger partial charge on any atom is -0.364 e. The number of anilines is 1. The van der Waals surface area contributed by atoms with Crippen LogP contribution >= 0.6 is 0 Å². The zero-order valence-corrected chi connectivity index (χ0v) is 8.91. The number of nitro groups is 1. The number of para-hydroxylation sites is 1. The predicted molar refractivity (Wildman–Crippen MR) is 62.5 cm³/mol. The van der Waals surface area contributed by atoms with E-state index in [4.69, 9.17) is 0 Å². The van der Waals surface area contributed by atoms with Crippen molar-refractivity contribution in [3.63, 3.8) is 0 Å². The molecule has 2 aromatic rings. The van der Waals surface area contributed by atoms with Crippen molar-refractivity contribution in [1.29, 1.82) is 0 Å². The van der Waals surface area contributed by atoms with E-state index in [-0.39, 0.29) is 5.69 Å². The minimum absolute atomic E-state index is 0.101. The second-order valence-electron chi connectivity index (χ2n) is 3.33. The molecule has 1 aromatic heterocycles. The first kappa shape index (κ1) is 11.0. The molecule has 0 aliphatic rings. The quantitative estimate of drug-likeness (QED) is 0.641. The Morgan fingerprint density at radius 2 is 2.12 bits per heavy atom. The van der Waals surface area contributed by atoms with Crippen molar-refractivity contribution in [1.82, 2.24) is 9.97 Å². The van der Waals surface area contributed by atoms with E-state index in [1.807, 2.05) is 0 Å². The van der Waals surface area contributed by atoms with Crippen molar-refractivity contribution < 1.29 is 4.92 Å². The van der Waals surface area contributed by atoms with Crippen LogP contribution in [0.4, 0.5) is 11.5 Å². The van der Waals surface area contributed by atoms with Gasteiger partial charge in [-0.1, -0.05) is 18.2 Å². The maximum Gasteiger partial charge on any atom is 0.274 e. The third kappa shape index (κ3) is 2.75. The maximum absolute atomic E-state index is 10.8. The van der Waals surface area contributed by atoms with Crippen molar-refractivity contribution in [2.24, 2.45) is 0 Å². The van der Waals surface area contributed by atoms with Crippen molar-refractivity contribution in [3.8, 4) is 0 Å². The van der Waals surface area contributed by atoms with Gasteiger partial charge >= 0.3 is 0 Å². The molecule has 0 bridgehead atoms. The number of benzene rings is 1. The molecule has 6 heteroatoms. The van der Waals surface area contributed by atoms with Crippen LogP contribution in [0.1, 0.15) is 5.56 Å². The van der Waals surface area contributed by atoms with Crippen LogP contribution in [0.3, 0.4) is 0 Å². The summed E-state index contributed by atoms with van der Waals surface area (Å²) in [4.78, 5) is 18.3. The Hall–Kier alpha value is -2.50. The monoisotopic (exact) mass is 230 g/mol. The summed E-state index contributed by atoms with van der Waals surface area (Å²) < 4.78 is 0. The normalized spacial score (nSPS) is 9.88. The maximum atomic E-state index is 10.8. The molecule has 0 unspecified atom stereocenters. The molecule has 1 aromatic carbocycles. The van der Waals surface area contributed by atoms with E-state index >= 15 is 0 Å². The Morgan fingerprint density at radius 1 is 1.29 bits per heavy atom. The summed E-state index contributed by atoms with van der Waals surface area (Å²) in [6, 6.07) is 6.60. The number of nitro benzene ring substituents is 1. The first-order valence-electron chi connectivity index (χ1n) is 4.99. The number of nitrogens with one attached hydrogen (secondary N) is 1. The minimum atomic E-state index is -0.395. The van der Waals surface area contributed by atoms with E-state index in [2.05, 4.69) is 15.3 Å². The molecule has 17 heavy (non-hydrogen) atoms. The molecule has 0 fully saturated rings. The average Bonchev–Trinajstić information content (AvgIpc) is 2.38. The molecule has 6 nitrogen and oxygen atoms in total. The fourth-order valence-corrected chi connectivity index (χ4v) is 1.41. The van der Waals surface area contributed by atoms with Gasteiger partial charge < -0.3 is 5.32 Å². The number of nitrogens with zero attached hydrogens (tertiary/aromatic N) is 3. The largest absolute Gasteiger partial charge is 0.364 e. The van der Waals surface area contributed by atoms with E-state index in [9.17, 15) is 10.1 Å². The van der Waals surface area contributed by atoms with Gasteiger partial charge in [0.2, 0.25) is 0 Å². The Kier molecular flexibility index (Phi) is 3.25. The highest BCUT2D eigenvalue weighted by Crippen LogP contribution is 2.18. The lowest BCUT2D eigenvalue weighted by atomic mass is 10.2. The van der Waals surface area contributed by atoms with Gasteiger partial charge in [-0.25, -0.2) is 4.98 Å². The summed E-state index contributed by atoms with van der Waals surface area (Å²) >= 11 is 0. The van der Waals surface area contributed by atoms with Gasteiger partial charge in [-0.05, 0) is 0 Å². The van der Waals surface area contributed by atoms with Gasteiger partial charge in [0.1, 0.15) is 5.82 Å². The van der Waals surface area contributed by atoms with Crippen molar-refractivity contribution in [2.45, 2.75) is 6.54 Å². The van der Waals surface area contributed by atoms with E-state index < -0.39 is 4.92 Å². The van der Waals surface area contributed by atoms with Gasteiger partial charge in [0.15, 0.2) is 0 Å². The van der Waals surface area contributed by atoms with Crippen LogP contribution < -0.4 is 5.32 Å². The molecular formula is C11H10N4O2. The Bertz CT molecular complexity index is 516. The highest BCUT2D eigenvalue weighted by Gasteiger charge is 2.11. The van der Waals surface area contributed by atoms with Crippen LogP contribution in [0.15, 0.2) is 42.9 Å². The molecule has 0 aliphatic carbocycles. The van der Waals surface area contributed by atoms with Crippen molar-refractivity contribution in [2.75, 3.05) is 5.32 Å². The fraction of sp³-hybridized carbons (Fsp3) is 0.0909. The molecule has 0 atom stereocenters. The summed E-state index contributed by atoms with van der Waals surface area (Å²) in [5.74, 6) is 0.589. The van der Waals surface area contributed by atoms with Gasteiger partial charge in [-0.15, -0.1) is 0 Å². The van der Waals surface area contributed by atoms with Gasteiger partial charge in [0.05, 0.1) is 11.1 Å². The molecular weight excluding hydrogens is 220 g/mol. The van der Waals surface area contributed by atoms with Crippen LogP contribution in [-0.4, -0.2) is 14.9 Å². The van der Waals surface area contributed by atoms with Gasteiger partial charge in [0.25, 0.3) is 5.69 Å². The van der Waals surface area contributed by atoms with Gasteiger partial charge in [-0.2, -0.15) is 0 Å². The average molecular weight is 230 g/mol. The molecule has 0 spiro atoms. The lowest BCUT2D eigenvalue weighted by Gasteiger charge is -2.05. The molecule has 0 aliphatic heterocycles. The summed E-state index contributed by atoms with van der Waals surface area (Å²) in [5.41, 5.74) is 0.715. The smallest absolute Gasteiger partial charge is 0.274 e. The summed E-state index contributed by atoms with van der Waals surface area (Å²) in [6.45, 7) is 0.343. The van der Waals surface area contributed by atoms with Crippen LogP contribution in [-0.2, 0) is 6.54 Å². The Balaban J connectivity index is 2.12. The van der Waals surface area contributed by atoms with Crippen LogP contribution in [0.2, 0.25) is 0 Å². The highest BCUT2D eigenvalue weighted by molar-refractivity contribution is 5.42. The van der Waals surface area contributed by atoms with Crippen LogP contribution in [0, 0.1) is 10.1 Å². The molecule has 0 saturated carbocycles. The SMILES string of the molecule is O=[N+]([O-])c1ccccc1CNc1cnccn1. The standard InChI is InChI=1S/C11H10N4O2/c16-15(17)10-4-2-1-3-9(10)7-14-11-8-12-5-6-13-11/h1-6,8H,7H2,(H,13,14). The molecule has 86 valence electrons. The Morgan fingerprint density at radius 3 is 2.82 bits per heavy atom. The first-order valence-corrected chi connectivity index (χ1v) is 4.99. The highest BCUT2D eigenvalue weighted by atomic mass is 16.6. The molecule has 0 amide bonds. The van der Waals surface area contributed by atoms with Gasteiger partial charge in [-0.3, -0.25) is 15.1 Å². The van der Waals surface area contributed by atoms with Crippen LogP contribution in [0.5, 0.6) is 0 Å². The molecule has 1 heterocycles. The first-order chi connectivity index (χ1) is 8.27. The van der Waals surface area contributed by atoms with E-state index in [0.29, 0.717) is 17.9 Å². The lowest BCUT2D eigenvalue weighted by Crippen LogP contribution is -2.04. The summed E-state index contributed by atoms with van der Waals surface area (Å²) in [6.07, 6.45) is 4.69. The van der Waals surface area contributed by atoms with E-state index in [1.54, 1.807) is 36.8 Å². The predicted octanol–water partition coefficient (Wildman–Crippen LogP) is 2.00. The topological polar surface area (TPSA) is 81.0 Å². The van der Waals surface area contributed by atoms with Gasteiger partial charge in [0, 0.05) is 30.6 Å². The van der Waals surface area contributed by atoms with Crippen molar-refractivity contribution >= 4 is 11.5 Å². The van der Waals surface area contributed by atoms with E-state index in [0.717, 1.165) is 0 Å². The number of hydrogen-bond donors (Lipinski definition) is 1. The Labute approximate surface area is 97.5 Å². The second kappa shape index (κ2) is 5.02. The molecule has 2 rings (SSSR count). The number of hydrogen-bond acceptors (Lipinski definition) is 5. The zero-order chi connectivity index (χ0) is 12.1. The fourth-order valence-electron chi connectivity index (χ4n) is 1.41. The third-order valence-electron chi connectivity index (χ3n) is 2.21. The number of aromatic nitrogens is 2. The third-order valence-corrected chi connectivity index (χ3v) is 2.21. The molecule has 0 radical (unpaired) electrons. The molecule has 1 N–H and O–H groups in total. The number of rotatable bonds is 4.